The van der Waals surface area contributed by atoms with E-state index >= 15 is 0 Å². The van der Waals surface area contributed by atoms with Crippen molar-refractivity contribution in [3.8, 4) is 11.5 Å². The molecule has 2 aliphatic rings. The molecule has 0 radical (unpaired) electrons. The Bertz CT molecular complexity index is 769. The van der Waals surface area contributed by atoms with Crippen molar-refractivity contribution in [3.05, 3.63) is 23.8 Å². The lowest BCUT2D eigenvalue weighted by atomic mass is 9.86. The van der Waals surface area contributed by atoms with Gasteiger partial charge in [-0.05, 0) is 42.9 Å². The molecule has 1 aromatic carbocycles. The van der Waals surface area contributed by atoms with E-state index in [9.17, 15) is 8.42 Å². The van der Waals surface area contributed by atoms with Crippen molar-refractivity contribution in [2.45, 2.75) is 25.7 Å². The Morgan fingerprint density at radius 1 is 1.18 bits per heavy atom. The Kier molecular flexibility index (Phi) is 9.09. The number of aliphatic imine (C=N–C) groups is 1. The van der Waals surface area contributed by atoms with Gasteiger partial charge >= 0.3 is 0 Å². The number of guanidine groups is 1. The number of benzene rings is 1. The molecule has 1 aromatic rings. The van der Waals surface area contributed by atoms with Crippen LogP contribution in [0.25, 0.3) is 0 Å². The first-order valence-corrected chi connectivity index (χ1v) is 11.0. The summed E-state index contributed by atoms with van der Waals surface area (Å²) in [7, 11) is -1.58. The summed E-state index contributed by atoms with van der Waals surface area (Å²) < 4.78 is 37.4. The second kappa shape index (κ2) is 11.1. The number of nitrogens with zero attached hydrogens (tertiary/aromatic N) is 1. The molecule has 1 fully saturated rings. The second-order valence-electron chi connectivity index (χ2n) is 6.83. The minimum Gasteiger partial charge on any atom is -0.454 e. The van der Waals surface area contributed by atoms with Gasteiger partial charge < -0.3 is 20.1 Å². The first kappa shape index (κ1) is 23.0. The molecule has 1 saturated carbocycles. The highest BCUT2D eigenvalue weighted by Crippen LogP contribution is 2.32. The molecule has 10 heteroatoms. The summed E-state index contributed by atoms with van der Waals surface area (Å²) in [6.07, 6.45) is 4.25. The SMILES string of the molecule is CN=C(NCCc1ccc2c(c1)OCO2)NCCS(=O)(=O)NCC1CCC1.I. The van der Waals surface area contributed by atoms with Crippen molar-refractivity contribution in [2.75, 3.05) is 39.2 Å². The van der Waals surface area contributed by atoms with Crippen LogP contribution in [0.15, 0.2) is 23.2 Å². The highest BCUT2D eigenvalue weighted by atomic mass is 127. The molecule has 0 unspecified atom stereocenters. The van der Waals surface area contributed by atoms with Crippen LogP contribution in [0.4, 0.5) is 0 Å². The summed E-state index contributed by atoms with van der Waals surface area (Å²) in [5.74, 6) is 2.68. The summed E-state index contributed by atoms with van der Waals surface area (Å²) >= 11 is 0. The summed E-state index contributed by atoms with van der Waals surface area (Å²) in [4.78, 5) is 4.13. The Balaban J connectivity index is 0.00000280. The van der Waals surface area contributed by atoms with Gasteiger partial charge in [-0.15, -0.1) is 24.0 Å². The van der Waals surface area contributed by atoms with Gasteiger partial charge in [-0.2, -0.15) is 0 Å². The average molecular weight is 524 g/mol. The van der Waals surface area contributed by atoms with Crippen molar-refractivity contribution in [3.63, 3.8) is 0 Å². The molecule has 0 bridgehead atoms. The van der Waals surface area contributed by atoms with Crippen molar-refractivity contribution < 1.29 is 17.9 Å². The lowest BCUT2D eigenvalue weighted by molar-refractivity contribution is 0.174. The van der Waals surface area contributed by atoms with E-state index in [-0.39, 0.29) is 36.5 Å². The largest absolute Gasteiger partial charge is 0.454 e. The van der Waals surface area contributed by atoms with E-state index in [4.69, 9.17) is 9.47 Å². The number of nitrogens with one attached hydrogen (secondary N) is 3. The normalized spacial score (nSPS) is 16.2. The fourth-order valence-electron chi connectivity index (χ4n) is 2.96. The topological polar surface area (TPSA) is 101 Å². The lowest BCUT2D eigenvalue weighted by Crippen LogP contribution is -2.42. The zero-order chi connectivity index (χ0) is 19.1. The molecule has 0 atom stereocenters. The fourth-order valence-corrected chi connectivity index (χ4v) is 3.96. The highest BCUT2D eigenvalue weighted by molar-refractivity contribution is 14.0. The third kappa shape index (κ3) is 6.96. The third-order valence-corrected chi connectivity index (χ3v) is 6.19. The van der Waals surface area contributed by atoms with Crippen molar-refractivity contribution in [2.24, 2.45) is 10.9 Å². The standard InChI is InChI=1S/C18H28N4O4S.HI/c1-19-18(21-9-10-27(23,24)22-12-15-3-2-4-15)20-8-7-14-5-6-16-17(11-14)26-13-25-16;/h5-6,11,15,22H,2-4,7-10,12-13H2,1H3,(H2,19,20,21);1H. The van der Waals surface area contributed by atoms with E-state index in [0.717, 1.165) is 36.3 Å². The van der Waals surface area contributed by atoms with E-state index in [0.29, 0.717) is 31.5 Å². The Morgan fingerprint density at radius 3 is 2.64 bits per heavy atom. The number of sulfonamides is 1. The zero-order valence-electron chi connectivity index (χ0n) is 16.1. The first-order chi connectivity index (χ1) is 13.1. The van der Waals surface area contributed by atoms with Gasteiger partial charge in [0.1, 0.15) is 0 Å². The van der Waals surface area contributed by atoms with Gasteiger partial charge in [-0.1, -0.05) is 12.5 Å². The van der Waals surface area contributed by atoms with E-state index in [1.54, 1.807) is 7.05 Å². The van der Waals surface area contributed by atoms with E-state index < -0.39 is 10.0 Å². The fraction of sp³-hybridized carbons (Fsp3) is 0.611. The molecule has 158 valence electrons. The molecular formula is C18H29IN4O4S. The number of fused-ring (bicyclic) bond motifs is 1. The summed E-state index contributed by atoms with van der Waals surface area (Å²) in [5, 5.41) is 6.24. The van der Waals surface area contributed by atoms with Crippen LogP contribution >= 0.6 is 24.0 Å². The molecule has 0 saturated heterocycles. The number of halogens is 1. The maximum Gasteiger partial charge on any atom is 0.231 e. The van der Waals surface area contributed by atoms with Crippen LogP contribution in [0.1, 0.15) is 24.8 Å². The Labute approximate surface area is 183 Å². The smallest absolute Gasteiger partial charge is 0.231 e. The van der Waals surface area contributed by atoms with Crippen LogP contribution in [0.3, 0.4) is 0 Å². The molecule has 8 nitrogen and oxygen atoms in total. The number of ether oxygens (including phenoxy) is 2. The van der Waals surface area contributed by atoms with Crippen molar-refractivity contribution >= 4 is 40.0 Å². The van der Waals surface area contributed by atoms with E-state index in [2.05, 4.69) is 20.3 Å². The van der Waals surface area contributed by atoms with Gasteiger partial charge in [-0.25, -0.2) is 13.1 Å². The van der Waals surface area contributed by atoms with Crippen LogP contribution in [-0.2, 0) is 16.4 Å². The summed E-state index contributed by atoms with van der Waals surface area (Å²) in [5.41, 5.74) is 1.13. The molecule has 1 heterocycles. The quantitative estimate of drug-likeness (QED) is 0.257. The maximum absolute atomic E-state index is 12.0. The van der Waals surface area contributed by atoms with Gasteiger partial charge in [0.15, 0.2) is 17.5 Å². The third-order valence-electron chi connectivity index (χ3n) is 4.85. The molecule has 1 aliphatic heterocycles. The minimum absolute atomic E-state index is 0. The number of hydrogen-bond donors (Lipinski definition) is 3. The van der Waals surface area contributed by atoms with Gasteiger partial charge in [0.2, 0.25) is 16.8 Å². The number of rotatable bonds is 9. The summed E-state index contributed by atoms with van der Waals surface area (Å²) in [6, 6.07) is 5.89. The zero-order valence-corrected chi connectivity index (χ0v) is 19.2. The van der Waals surface area contributed by atoms with Gasteiger partial charge in [0, 0.05) is 26.7 Å². The molecule has 3 N–H and O–H groups in total. The van der Waals surface area contributed by atoms with Crippen LogP contribution in [-0.4, -0.2) is 53.6 Å². The lowest BCUT2D eigenvalue weighted by Gasteiger charge is -2.25. The molecule has 0 amide bonds. The second-order valence-corrected chi connectivity index (χ2v) is 8.75. The van der Waals surface area contributed by atoms with E-state index in [1.165, 1.54) is 6.42 Å². The first-order valence-electron chi connectivity index (χ1n) is 9.36. The molecule has 0 spiro atoms. The van der Waals surface area contributed by atoms with Crippen LogP contribution in [0.5, 0.6) is 11.5 Å². The van der Waals surface area contributed by atoms with Crippen molar-refractivity contribution in [1.29, 1.82) is 0 Å². The van der Waals surface area contributed by atoms with Crippen LogP contribution in [0.2, 0.25) is 0 Å². The van der Waals surface area contributed by atoms with Gasteiger partial charge in [0.05, 0.1) is 5.75 Å². The maximum atomic E-state index is 12.0. The molecular weight excluding hydrogens is 495 g/mol. The highest BCUT2D eigenvalue weighted by Gasteiger charge is 2.20. The Hall–Kier alpha value is -1.27. The average Bonchev–Trinajstić information content (AvgIpc) is 3.06. The predicted octanol–water partition coefficient (Wildman–Crippen LogP) is 1.46. The monoisotopic (exact) mass is 524 g/mol. The molecule has 28 heavy (non-hydrogen) atoms. The molecule has 1 aliphatic carbocycles. The van der Waals surface area contributed by atoms with Crippen LogP contribution < -0.4 is 24.8 Å². The molecule has 3 rings (SSSR count). The van der Waals surface area contributed by atoms with E-state index in [1.807, 2.05) is 18.2 Å². The number of hydrogen-bond acceptors (Lipinski definition) is 5. The predicted molar refractivity (Wildman–Crippen MR) is 120 cm³/mol. The summed E-state index contributed by atoms with van der Waals surface area (Å²) in [6.45, 7) is 1.81. The minimum atomic E-state index is -3.25. The van der Waals surface area contributed by atoms with Crippen LogP contribution in [0, 0.1) is 5.92 Å². The molecule has 0 aromatic heterocycles. The Morgan fingerprint density at radius 2 is 1.93 bits per heavy atom. The van der Waals surface area contributed by atoms with Gasteiger partial charge in [0.25, 0.3) is 0 Å². The van der Waals surface area contributed by atoms with Crippen molar-refractivity contribution in [1.82, 2.24) is 15.4 Å². The van der Waals surface area contributed by atoms with Gasteiger partial charge in [-0.3, -0.25) is 4.99 Å².